The predicted octanol–water partition coefficient (Wildman–Crippen LogP) is 5.11. The van der Waals surface area contributed by atoms with E-state index >= 15 is 0 Å². The molecule has 0 amide bonds. The first kappa shape index (κ1) is 15.0. The molecule has 0 atom stereocenters. The largest absolute Gasteiger partial charge is 0.251 e. The average Bonchev–Trinajstić information content (AvgIpc) is 2.75. The van der Waals surface area contributed by atoms with Gasteiger partial charge in [-0.05, 0) is 69.2 Å². The minimum absolute atomic E-state index is 1.00. The van der Waals surface area contributed by atoms with Gasteiger partial charge in [-0.25, -0.2) is 0 Å². The molecule has 0 spiro atoms. The molecule has 2 heteroatoms. The molecule has 0 aliphatic heterocycles. The van der Waals surface area contributed by atoms with Crippen molar-refractivity contribution in [2.75, 3.05) is 0 Å². The molecular weight excluding hydrogens is 268 g/mol. The van der Waals surface area contributed by atoms with Crippen LogP contribution in [0.4, 0.5) is 5.69 Å². The van der Waals surface area contributed by atoms with E-state index in [4.69, 9.17) is 9.98 Å². The molecule has 1 aromatic heterocycles. The van der Waals surface area contributed by atoms with E-state index in [0.717, 1.165) is 23.5 Å². The van der Waals surface area contributed by atoms with Crippen LogP contribution < -0.4 is 0 Å². The van der Waals surface area contributed by atoms with Gasteiger partial charge in [-0.2, -0.15) is 0 Å². The van der Waals surface area contributed by atoms with E-state index < -0.39 is 0 Å². The molecule has 2 nitrogen and oxygen atoms in total. The van der Waals surface area contributed by atoms with Crippen molar-refractivity contribution in [1.29, 1.82) is 0 Å². The van der Waals surface area contributed by atoms with Crippen LogP contribution in [0.25, 0.3) is 0 Å². The van der Waals surface area contributed by atoms with Gasteiger partial charge >= 0.3 is 0 Å². The average molecular weight is 292 g/mol. The highest BCUT2D eigenvalue weighted by molar-refractivity contribution is 5.99. The fourth-order valence-electron chi connectivity index (χ4n) is 3.17. The zero-order valence-electron chi connectivity index (χ0n) is 13.8. The van der Waals surface area contributed by atoms with E-state index in [1.54, 1.807) is 0 Å². The second-order valence-corrected chi connectivity index (χ2v) is 6.30. The summed E-state index contributed by atoms with van der Waals surface area (Å²) < 4.78 is 0. The minimum Gasteiger partial charge on any atom is -0.251 e. The SMILES string of the molecule is CC(=Nc1c(C)cccc1C)c1ccc2c(n1)CCCCC2. The smallest absolute Gasteiger partial charge is 0.0845 e. The Hall–Kier alpha value is -1.96. The summed E-state index contributed by atoms with van der Waals surface area (Å²) in [6, 6.07) is 10.7. The molecule has 0 fully saturated rings. The Bertz CT molecular complexity index is 693. The number of benzene rings is 1. The lowest BCUT2D eigenvalue weighted by atomic mass is 10.1. The Morgan fingerprint density at radius 2 is 1.68 bits per heavy atom. The first-order chi connectivity index (χ1) is 10.6. The van der Waals surface area contributed by atoms with Gasteiger partial charge in [0.1, 0.15) is 0 Å². The number of pyridine rings is 1. The first-order valence-corrected chi connectivity index (χ1v) is 8.26. The van der Waals surface area contributed by atoms with Gasteiger partial charge in [0, 0.05) is 5.69 Å². The molecule has 0 radical (unpaired) electrons. The number of hydrogen-bond acceptors (Lipinski definition) is 2. The standard InChI is InChI=1S/C20H24N2/c1-14-8-7-9-15(2)20(14)21-16(3)18-13-12-17-10-5-4-6-11-19(17)22-18/h7-9,12-13H,4-6,10-11H2,1-3H3. The molecule has 22 heavy (non-hydrogen) atoms. The van der Waals surface area contributed by atoms with E-state index in [2.05, 4.69) is 51.1 Å². The zero-order valence-corrected chi connectivity index (χ0v) is 13.8. The van der Waals surface area contributed by atoms with E-state index in [1.807, 2.05) is 0 Å². The Kier molecular flexibility index (Phi) is 4.37. The van der Waals surface area contributed by atoms with E-state index in [9.17, 15) is 0 Å². The van der Waals surface area contributed by atoms with Crippen LogP contribution in [-0.2, 0) is 12.8 Å². The molecule has 0 saturated carbocycles. The molecule has 3 rings (SSSR count). The van der Waals surface area contributed by atoms with Crippen LogP contribution in [0.3, 0.4) is 0 Å². The highest BCUT2D eigenvalue weighted by Gasteiger charge is 2.11. The van der Waals surface area contributed by atoms with Gasteiger partial charge in [0.05, 0.1) is 17.1 Å². The van der Waals surface area contributed by atoms with Crippen molar-refractivity contribution >= 4 is 11.4 Å². The van der Waals surface area contributed by atoms with Gasteiger partial charge in [-0.3, -0.25) is 9.98 Å². The number of nitrogens with zero attached hydrogens (tertiary/aromatic N) is 2. The van der Waals surface area contributed by atoms with E-state index in [0.29, 0.717) is 0 Å². The van der Waals surface area contributed by atoms with Crippen LogP contribution in [0.2, 0.25) is 0 Å². The molecule has 114 valence electrons. The monoisotopic (exact) mass is 292 g/mol. The number of aliphatic imine (C=N–C) groups is 1. The number of aromatic nitrogens is 1. The topological polar surface area (TPSA) is 25.2 Å². The van der Waals surface area contributed by atoms with Crippen LogP contribution in [0.15, 0.2) is 35.3 Å². The molecule has 1 heterocycles. The van der Waals surface area contributed by atoms with Crippen LogP contribution >= 0.6 is 0 Å². The maximum absolute atomic E-state index is 4.90. The van der Waals surface area contributed by atoms with Crippen molar-refractivity contribution in [2.45, 2.75) is 52.9 Å². The van der Waals surface area contributed by atoms with Crippen LogP contribution in [0.5, 0.6) is 0 Å². The summed E-state index contributed by atoms with van der Waals surface area (Å²) in [6.07, 6.45) is 6.16. The number of para-hydroxylation sites is 1. The Morgan fingerprint density at radius 1 is 0.955 bits per heavy atom. The van der Waals surface area contributed by atoms with Crippen molar-refractivity contribution in [3.05, 3.63) is 58.4 Å². The second kappa shape index (κ2) is 6.43. The maximum Gasteiger partial charge on any atom is 0.0845 e. The van der Waals surface area contributed by atoms with Gasteiger partial charge in [-0.15, -0.1) is 0 Å². The second-order valence-electron chi connectivity index (χ2n) is 6.30. The normalized spacial score (nSPS) is 15.3. The summed E-state index contributed by atoms with van der Waals surface area (Å²) in [5.74, 6) is 0. The maximum atomic E-state index is 4.90. The number of hydrogen-bond donors (Lipinski definition) is 0. The molecule has 0 saturated heterocycles. The van der Waals surface area contributed by atoms with Gasteiger partial charge < -0.3 is 0 Å². The Morgan fingerprint density at radius 3 is 2.45 bits per heavy atom. The van der Waals surface area contributed by atoms with E-state index in [1.165, 1.54) is 48.1 Å². The number of rotatable bonds is 2. The third kappa shape index (κ3) is 3.11. The lowest BCUT2D eigenvalue weighted by Crippen LogP contribution is -2.04. The summed E-state index contributed by atoms with van der Waals surface area (Å²) in [5, 5.41) is 0. The zero-order chi connectivity index (χ0) is 15.5. The molecule has 0 N–H and O–H groups in total. The summed E-state index contributed by atoms with van der Waals surface area (Å²) >= 11 is 0. The Labute approximate surface area is 133 Å². The summed E-state index contributed by atoms with van der Waals surface area (Å²) in [5.41, 5.74) is 8.25. The van der Waals surface area contributed by atoms with Gasteiger partial charge in [-0.1, -0.05) is 30.7 Å². The molecule has 0 unspecified atom stereocenters. The molecule has 1 aromatic carbocycles. The number of fused-ring (bicyclic) bond motifs is 1. The quantitative estimate of drug-likeness (QED) is 0.558. The molecule has 1 aliphatic carbocycles. The Balaban J connectivity index is 1.97. The van der Waals surface area contributed by atoms with Gasteiger partial charge in [0.2, 0.25) is 0 Å². The van der Waals surface area contributed by atoms with Crippen LogP contribution in [0.1, 0.15) is 54.3 Å². The van der Waals surface area contributed by atoms with Crippen LogP contribution in [-0.4, -0.2) is 10.7 Å². The van der Waals surface area contributed by atoms with E-state index in [-0.39, 0.29) is 0 Å². The molecule has 0 bridgehead atoms. The molecular formula is C20H24N2. The molecule has 1 aliphatic rings. The highest BCUT2D eigenvalue weighted by atomic mass is 14.8. The lowest BCUT2D eigenvalue weighted by molar-refractivity contribution is 0.708. The summed E-state index contributed by atoms with van der Waals surface area (Å²) in [6.45, 7) is 6.30. The third-order valence-electron chi connectivity index (χ3n) is 4.52. The van der Waals surface area contributed by atoms with Crippen LogP contribution in [0, 0.1) is 13.8 Å². The lowest BCUT2D eigenvalue weighted by Gasteiger charge is -2.09. The van der Waals surface area contributed by atoms with Crippen molar-refractivity contribution < 1.29 is 0 Å². The summed E-state index contributed by atoms with van der Waals surface area (Å²) in [4.78, 5) is 9.75. The van der Waals surface area contributed by atoms with Gasteiger partial charge in [0.15, 0.2) is 0 Å². The minimum atomic E-state index is 1.00. The highest BCUT2D eigenvalue weighted by Crippen LogP contribution is 2.25. The van der Waals surface area contributed by atoms with Gasteiger partial charge in [0.25, 0.3) is 0 Å². The fourth-order valence-corrected chi connectivity index (χ4v) is 3.17. The van der Waals surface area contributed by atoms with Crippen molar-refractivity contribution in [3.63, 3.8) is 0 Å². The summed E-state index contributed by atoms with van der Waals surface area (Å²) in [7, 11) is 0. The number of aryl methyl sites for hydroxylation is 4. The van der Waals surface area contributed by atoms with Crippen molar-refractivity contribution in [3.8, 4) is 0 Å². The molecule has 2 aromatic rings. The third-order valence-corrected chi connectivity index (χ3v) is 4.52. The predicted molar refractivity (Wildman–Crippen MR) is 93.3 cm³/mol. The van der Waals surface area contributed by atoms with Crippen molar-refractivity contribution in [1.82, 2.24) is 4.98 Å². The first-order valence-electron chi connectivity index (χ1n) is 8.26. The fraction of sp³-hybridized carbons (Fsp3) is 0.400. The van der Waals surface area contributed by atoms with Crippen molar-refractivity contribution in [2.24, 2.45) is 4.99 Å².